The summed E-state index contributed by atoms with van der Waals surface area (Å²) in [6.07, 6.45) is 1.20. The van der Waals surface area contributed by atoms with Gasteiger partial charge in [-0.3, -0.25) is 4.79 Å². The van der Waals surface area contributed by atoms with Crippen molar-refractivity contribution >= 4 is 11.6 Å². The third-order valence-corrected chi connectivity index (χ3v) is 2.53. The number of hydrogen-bond acceptors (Lipinski definition) is 3. The summed E-state index contributed by atoms with van der Waals surface area (Å²) in [6, 6.07) is 7.59. The van der Waals surface area contributed by atoms with E-state index in [9.17, 15) is 4.79 Å². The van der Waals surface area contributed by atoms with Crippen molar-refractivity contribution < 1.29 is 9.53 Å². The summed E-state index contributed by atoms with van der Waals surface area (Å²) < 4.78 is 5.52. The lowest BCUT2D eigenvalue weighted by Gasteiger charge is -2.34. The smallest absolute Gasteiger partial charge is 0.260 e. The van der Waals surface area contributed by atoms with Gasteiger partial charge in [0.25, 0.3) is 5.91 Å². The van der Waals surface area contributed by atoms with Gasteiger partial charge in [0.2, 0.25) is 0 Å². The minimum absolute atomic E-state index is 0.441. The molecule has 0 unspecified atom stereocenters. The second kappa shape index (κ2) is 4.26. The van der Waals surface area contributed by atoms with Crippen LogP contribution in [0.5, 0.6) is 5.75 Å². The van der Waals surface area contributed by atoms with E-state index in [1.54, 1.807) is 6.08 Å². The molecule has 0 aromatic heterocycles. The van der Waals surface area contributed by atoms with Crippen LogP contribution in [0.2, 0.25) is 0 Å². The topological polar surface area (TPSA) is 55.6 Å². The van der Waals surface area contributed by atoms with Gasteiger partial charge in [-0.15, -0.1) is 6.58 Å². The second-order valence-electron chi connectivity index (χ2n) is 3.67. The lowest BCUT2D eigenvalue weighted by atomic mass is 10.2. The first-order valence-electron chi connectivity index (χ1n) is 5.13. The highest BCUT2D eigenvalue weighted by atomic mass is 16.5. The van der Waals surface area contributed by atoms with Crippen LogP contribution in [0.1, 0.15) is 0 Å². The fourth-order valence-corrected chi connectivity index (χ4v) is 1.78. The Bertz CT molecular complexity index is 417. The number of carbonyl (C=O) groups excluding carboxylic acids is 1. The average molecular weight is 218 g/mol. The zero-order valence-electron chi connectivity index (χ0n) is 8.93. The molecular weight excluding hydrogens is 204 g/mol. The molecule has 1 aromatic rings. The van der Waals surface area contributed by atoms with E-state index < -0.39 is 12.0 Å². The maximum absolute atomic E-state index is 11.2. The number of amides is 1. The highest BCUT2D eigenvalue weighted by Crippen LogP contribution is 2.32. The first-order chi connectivity index (χ1) is 7.72. The predicted octanol–water partition coefficient (Wildman–Crippen LogP) is 0.925. The van der Waals surface area contributed by atoms with Crippen molar-refractivity contribution in [1.29, 1.82) is 0 Å². The normalized spacial score (nSPS) is 18.5. The molecule has 1 aliphatic heterocycles. The molecule has 4 nitrogen and oxygen atoms in total. The maximum Gasteiger partial charge on any atom is 0.260 e. The second-order valence-corrected chi connectivity index (χ2v) is 3.67. The average Bonchev–Trinajstić information content (AvgIpc) is 2.29. The highest BCUT2D eigenvalue weighted by molar-refractivity contribution is 5.81. The van der Waals surface area contributed by atoms with Gasteiger partial charge in [0.15, 0.2) is 6.10 Å². The molecule has 4 heteroatoms. The molecule has 0 aliphatic carbocycles. The summed E-state index contributed by atoms with van der Waals surface area (Å²) in [5, 5.41) is 0. The lowest BCUT2D eigenvalue weighted by molar-refractivity contribution is -0.124. The molecule has 0 saturated heterocycles. The number of nitrogens with two attached hydrogens (primary N) is 1. The van der Waals surface area contributed by atoms with Gasteiger partial charge < -0.3 is 15.4 Å². The molecule has 0 radical (unpaired) electrons. The number of anilines is 1. The van der Waals surface area contributed by atoms with Crippen LogP contribution in [-0.4, -0.2) is 25.1 Å². The van der Waals surface area contributed by atoms with E-state index in [1.807, 2.05) is 29.2 Å². The monoisotopic (exact) mass is 218 g/mol. The van der Waals surface area contributed by atoms with E-state index in [1.165, 1.54) is 0 Å². The van der Waals surface area contributed by atoms with E-state index in [0.29, 0.717) is 18.8 Å². The van der Waals surface area contributed by atoms with Gasteiger partial charge in [0.1, 0.15) is 5.75 Å². The van der Waals surface area contributed by atoms with Crippen LogP contribution >= 0.6 is 0 Å². The molecule has 1 aromatic carbocycles. The van der Waals surface area contributed by atoms with E-state index in [-0.39, 0.29) is 0 Å². The van der Waals surface area contributed by atoms with Gasteiger partial charge in [-0.2, -0.15) is 0 Å². The molecule has 1 amide bonds. The van der Waals surface area contributed by atoms with Crippen molar-refractivity contribution in [2.75, 3.05) is 18.0 Å². The standard InChI is InChI=1S/C12H14N2O2/c1-2-7-14-8-11(12(13)15)16-10-6-4-3-5-9(10)14/h2-6,11H,1,7-8H2,(H2,13,15)/t11-/m0/s1. The van der Waals surface area contributed by atoms with Gasteiger partial charge in [0, 0.05) is 6.54 Å². The van der Waals surface area contributed by atoms with Gasteiger partial charge in [-0.25, -0.2) is 0 Å². The Labute approximate surface area is 94.3 Å². The van der Waals surface area contributed by atoms with Gasteiger partial charge in [-0.1, -0.05) is 18.2 Å². The maximum atomic E-state index is 11.2. The van der Waals surface area contributed by atoms with Crippen LogP contribution < -0.4 is 15.4 Å². The number of fused-ring (bicyclic) bond motifs is 1. The zero-order valence-corrected chi connectivity index (χ0v) is 8.93. The molecule has 16 heavy (non-hydrogen) atoms. The number of rotatable bonds is 3. The van der Waals surface area contributed by atoms with Crippen molar-refractivity contribution in [3.05, 3.63) is 36.9 Å². The van der Waals surface area contributed by atoms with Crippen LogP contribution in [0.15, 0.2) is 36.9 Å². The summed E-state index contributed by atoms with van der Waals surface area (Å²) in [5.41, 5.74) is 6.24. The first-order valence-corrected chi connectivity index (χ1v) is 5.13. The number of carbonyl (C=O) groups is 1. The number of para-hydroxylation sites is 2. The molecule has 84 valence electrons. The van der Waals surface area contributed by atoms with Crippen molar-refractivity contribution in [2.45, 2.75) is 6.10 Å². The van der Waals surface area contributed by atoms with Crippen LogP contribution in [-0.2, 0) is 4.79 Å². The number of nitrogens with zero attached hydrogens (tertiary/aromatic N) is 1. The Morgan fingerprint density at radius 2 is 2.38 bits per heavy atom. The summed E-state index contributed by atoms with van der Waals surface area (Å²) in [7, 11) is 0. The van der Waals surface area contributed by atoms with Crippen molar-refractivity contribution in [1.82, 2.24) is 0 Å². The predicted molar refractivity (Wildman–Crippen MR) is 62.5 cm³/mol. The third-order valence-electron chi connectivity index (χ3n) is 2.53. The van der Waals surface area contributed by atoms with E-state index in [4.69, 9.17) is 10.5 Å². The molecule has 2 rings (SSSR count). The molecule has 0 fully saturated rings. The number of ether oxygens (including phenoxy) is 1. The Balaban J connectivity index is 2.33. The summed E-state index contributed by atoms with van der Waals surface area (Å²) >= 11 is 0. The van der Waals surface area contributed by atoms with Gasteiger partial charge >= 0.3 is 0 Å². The summed E-state index contributed by atoms with van der Waals surface area (Å²) in [4.78, 5) is 13.2. The summed E-state index contributed by atoms with van der Waals surface area (Å²) in [5.74, 6) is 0.253. The van der Waals surface area contributed by atoms with E-state index >= 15 is 0 Å². The van der Waals surface area contributed by atoms with Crippen molar-refractivity contribution in [3.8, 4) is 5.75 Å². The molecule has 1 heterocycles. The largest absolute Gasteiger partial charge is 0.477 e. The van der Waals surface area contributed by atoms with E-state index in [0.717, 1.165) is 5.69 Å². The fourth-order valence-electron chi connectivity index (χ4n) is 1.78. The SMILES string of the molecule is C=CCN1C[C@@H](C(N)=O)Oc2ccccc21. The molecule has 2 N–H and O–H groups in total. The molecular formula is C12H14N2O2. The van der Waals surface area contributed by atoms with E-state index in [2.05, 4.69) is 6.58 Å². The first kappa shape index (κ1) is 10.5. The Morgan fingerprint density at radius 1 is 1.62 bits per heavy atom. The lowest BCUT2D eigenvalue weighted by Crippen LogP contribution is -2.47. The fraction of sp³-hybridized carbons (Fsp3) is 0.250. The number of benzene rings is 1. The van der Waals surface area contributed by atoms with Crippen LogP contribution in [0, 0.1) is 0 Å². The quantitative estimate of drug-likeness (QED) is 0.768. The van der Waals surface area contributed by atoms with Crippen molar-refractivity contribution in [3.63, 3.8) is 0 Å². The molecule has 0 saturated carbocycles. The minimum atomic E-state index is -0.588. The molecule has 1 atom stereocenters. The Hall–Kier alpha value is -1.97. The van der Waals surface area contributed by atoms with Crippen molar-refractivity contribution in [2.24, 2.45) is 5.73 Å². The van der Waals surface area contributed by atoms with Gasteiger partial charge in [0.05, 0.1) is 12.2 Å². The number of primary amides is 1. The molecule has 0 spiro atoms. The van der Waals surface area contributed by atoms with Gasteiger partial charge in [-0.05, 0) is 12.1 Å². The molecule has 1 aliphatic rings. The van der Waals surface area contributed by atoms with Crippen LogP contribution in [0.3, 0.4) is 0 Å². The molecule has 0 bridgehead atoms. The van der Waals surface area contributed by atoms with Crippen LogP contribution in [0.4, 0.5) is 5.69 Å². The highest BCUT2D eigenvalue weighted by Gasteiger charge is 2.28. The number of hydrogen-bond donors (Lipinski definition) is 1. The summed E-state index contributed by atoms with van der Waals surface area (Å²) in [6.45, 7) is 4.84. The van der Waals surface area contributed by atoms with Crippen LogP contribution in [0.25, 0.3) is 0 Å². The Morgan fingerprint density at radius 3 is 3.06 bits per heavy atom. The minimum Gasteiger partial charge on any atom is -0.477 e. The third kappa shape index (κ3) is 1.86. The Kier molecular flexibility index (Phi) is 2.81. The zero-order chi connectivity index (χ0) is 11.5.